The number of fused-ring (bicyclic) bond motifs is 1. The predicted octanol–water partition coefficient (Wildman–Crippen LogP) is 1.36. The van der Waals surface area contributed by atoms with Crippen LogP contribution in [-0.2, 0) is 16.6 Å². The van der Waals surface area contributed by atoms with Gasteiger partial charge in [0.1, 0.15) is 4.90 Å². The first kappa shape index (κ1) is 12.7. The minimum absolute atomic E-state index is 0.128. The molecule has 0 unspecified atom stereocenters. The van der Waals surface area contributed by atoms with Gasteiger partial charge in [-0.15, -0.1) is 0 Å². The number of rotatable bonds is 3. The van der Waals surface area contributed by atoms with Gasteiger partial charge in [-0.25, -0.2) is 8.42 Å². The van der Waals surface area contributed by atoms with E-state index in [0.717, 1.165) is 17.4 Å². The Bertz CT molecular complexity index is 730. The zero-order chi connectivity index (χ0) is 13.6. The fourth-order valence-corrected chi connectivity index (χ4v) is 4.15. The molecule has 0 aliphatic carbocycles. The monoisotopic (exact) mass is 280 g/mol. The minimum atomic E-state index is -3.43. The summed E-state index contributed by atoms with van der Waals surface area (Å²) in [5.74, 6) is 0. The summed E-state index contributed by atoms with van der Waals surface area (Å²) in [4.78, 5) is 3.30. The van der Waals surface area contributed by atoms with Crippen molar-refractivity contribution in [1.29, 1.82) is 0 Å². The van der Waals surface area contributed by atoms with Crippen molar-refractivity contribution in [3.8, 4) is 0 Å². The molecular formula is C13H16N2O3S. The average molecular weight is 280 g/mol. The van der Waals surface area contributed by atoms with Crippen molar-refractivity contribution >= 4 is 20.9 Å². The molecule has 2 aromatic rings. The molecule has 1 aliphatic rings. The van der Waals surface area contributed by atoms with Gasteiger partial charge in [0.2, 0.25) is 10.0 Å². The van der Waals surface area contributed by atoms with Gasteiger partial charge in [0.15, 0.2) is 0 Å². The minimum Gasteiger partial charge on any atom is -0.390 e. The van der Waals surface area contributed by atoms with E-state index in [-0.39, 0.29) is 6.61 Å². The van der Waals surface area contributed by atoms with Crippen molar-refractivity contribution in [3.05, 3.63) is 29.5 Å². The highest BCUT2D eigenvalue weighted by molar-refractivity contribution is 7.89. The number of nitrogens with one attached hydrogen (secondary N) is 1. The Kier molecular flexibility index (Phi) is 2.88. The Morgan fingerprint density at radius 2 is 2.05 bits per heavy atom. The Morgan fingerprint density at radius 3 is 2.63 bits per heavy atom. The summed E-state index contributed by atoms with van der Waals surface area (Å²) in [5, 5.41) is 10.00. The maximum Gasteiger partial charge on any atom is 0.245 e. The summed E-state index contributed by atoms with van der Waals surface area (Å²) in [6, 6.07) is 5.39. The van der Waals surface area contributed by atoms with Crippen LogP contribution >= 0.6 is 0 Å². The third kappa shape index (κ3) is 1.96. The number of H-pyrrole nitrogens is 1. The number of aliphatic hydroxyl groups excluding tert-OH is 1. The first-order chi connectivity index (χ1) is 9.02. The zero-order valence-electron chi connectivity index (χ0n) is 10.7. The van der Waals surface area contributed by atoms with E-state index in [0.29, 0.717) is 29.2 Å². The molecule has 0 atom stereocenters. The molecule has 1 aromatic carbocycles. The van der Waals surface area contributed by atoms with Gasteiger partial charge in [0.05, 0.1) is 12.1 Å². The van der Waals surface area contributed by atoms with Crippen LogP contribution in [0.1, 0.15) is 17.7 Å². The number of sulfonamides is 1. The number of hydrogen-bond donors (Lipinski definition) is 2. The van der Waals surface area contributed by atoms with Gasteiger partial charge in [-0.3, -0.25) is 0 Å². The predicted molar refractivity (Wildman–Crippen MR) is 72.3 cm³/mol. The highest BCUT2D eigenvalue weighted by Gasteiger charge is 2.31. The average Bonchev–Trinajstić information content (AvgIpc) is 2.67. The number of aromatic amines is 1. The molecule has 0 amide bonds. The summed E-state index contributed by atoms with van der Waals surface area (Å²) in [6.45, 7) is 2.92. The molecule has 2 N–H and O–H groups in total. The highest BCUT2D eigenvalue weighted by atomic mass is 32.2. The highest BCUT2D eigenvalue weighted by Crippen LogP contribution is 2.29. The summed E-state index contributed by atoms with van der Waals surface area (Å²) < 4.78 is 26.5. The van der Waals surface area contributed by atoms with Crippen molar-refractivity contribution in [2.75, 3.05) is 13.1 Å². The van der Waals surface area contributed by atoms with Gasteiger partial charge in [-0.1, -0.05) is 0 Å². The van der Waals surface area contributed by atoms with E-state index in [2.05, 4.69) is 4.98 Å². The van der Waals surface area contributed by atoms with E-state index in [1.165, 1.54) is 4.31 Å². The van der Waals surface area contributed by atoms with Crippen LogP contribution in [0.15, 0.2) is 23.1 Å². The van der Waals surface area contributed by atoms with Crippen LogP contribution in [0, 0.1) is 6.92 Å². The second-order valence-electron chi connectivity index (χ2n) is 4.94. The molecule has 0 radical (unpaired) electrons. The second-order valence-corrected chi connectivity index (χ2v) is 6.84. The van der Waals surface area contributed by atoms with Crippen LogP contribution in [0.25, 0.3) is 10.9 Å². The number of aliphatic hydroxyl groups is 1. The van der Waals surface area contributed by atoms with Crippen molar-refractivity contribution in [1.82, 2.24) is 9.29 Å². The molecule has 0 spiro atoms. The van der Waals surface area contributed by atoms with E-state index in [9.17, 15) is 13.5 Å². The number of nitrogens with zero attached hydrogens (tertiary/aromatic N) is 1. The lowest BCUT2D eigenvalue weighted by atomic mass is 10.2. The maximum absolute atomic E-state index is 12.5. The molecule has 102 valence electrons. The molecule has 19 heavy (non-hydrogen) atoms. The lowest BCUT2D eigenvalue weighted by molar-refractivity contribution is 0.278. The lowest BCUT2D eigenvalue weighted by Gasteiger charge is -2.29. The summed E-state index contributed by atoms with van der Waals surface area (Å²) in [7, 11) is -3.43. The van der Waals surface area contributed by atoms with E-state index in [4.69, 9.17) is 0 Å². The van der Waals surface area contributed by atoms with Gasteiger partial charge in [0.25, 0.3) is 0 Å². The van der Waals surface area contributed by atoms with Crippen molar-refractivity contribution < 1.29 is 13.5 Å². The van der Waals surface area contributed by atoms with Gasteiger partial charge in [0, 0.05) is 24.2 Å². The van der Waals surface area contributed by atoms with E-state index < -0.39 is 10.0 Å². The fourth-order valence-electron chi connectivity index (χ4n) is 2.37. The number of hydrogen-bond acceptors (Lipinski definition) is 3. The van der Waals surface area contributed by atoms with Gasteiger partial charge < -0.3 is 10.1 Å². The second kappa shape index (κ2) is 4.33. The Balaban J connectivity index is 2.24. The fraction of sp³-hybridized carbons (Fsp3) is 0.385. The van der Waals surface area contributed by atoms with E-state index in [1.807, 2.05) is 13.0 Å². The Hall–Kier alpha value is -1.37. The third-order valence-electron chi connectivity index (χ3n) is 3.50. The van der Waals surface area contributed by atoms with E-state index >= 15 is 0 Å². The number of aromatic nitrogens is 1. The standard InChI is InChI=1S/C13H16N2O3S/c1-9-5-10-7-11(8-16)14-13(10)12(6-9)19(17,18)15-3-2-4-15/h5-7,14,16H,2-4,8H2,1H3. The quantitative estimate of drug-likeness (QED) is 0.891. The van der Waals surface area contributed by atoms with Crippen molar-refractivity contribution in [2.24, 2.45) is 0 Å². The molecule has 3 rings (SSSR count). The SMILES string of the molecule is Cc1cc(S(=O)(=O)N2CCC2)c2[nH]c(CO)cc2c1. The summed E-state index contributed by atoms with van der Waals surface area (Å²) in [6.07, 6.45) is 0.917. The van der Waals surface area contributed by atoms with Gasteiger partial charge >= 0.3 is 0 Å². The van der Waals surface area contributed by atoms with Crippen LogP contribution < -0.4 is 0 Å². The lowest BCUT2D eigenvalue weighted by Crippen LogP contribution is -2.42. The molecule has 0 bridgehead atoms. The zero-order valence-corrected chi connectivity index (χ0v) is 11.5. The molecule has 5 nitrogen and oxygen atoms in total. The maximum atomic E-state index is 12.5. The molecule has 1 aliphatic heterocycles. The van der Waals surface area contributed by atoms with Crippen LogP contribution in [0.3, 0.4) is 0 Å². The van der Waals surface area contributed by atoms with Crippen molar-refractivity contribution in [2.45, 2.75) is 24.8 Å². The normalized spacial score (nSPS) is 16.7. The largest absolute Gasteiger partial charge is 0.390 e. The first-order valence-electron chi connectivity index (χ1n) is 6.25. The molecule has 1 aromatic heterocycles. The number of aryl methyl sites for hydroxylation is 1. The molecule has 1 fully saturated rings. The van der Waals surface area contributed by atoms with Crippen LogP contribution in [0.4, 0.5) is 0 Å². The van der Waals surface area contributed by atoms with Crippen LogP contribution in [-0.4, -0.2) is 35.9 Å². The first-order valence-corrected chi connectivity index (χ1v) is 7.69. The molecule has 2 heterocycles. The molecule has 6 heteroatoms. The van der Waals surface area contributed by atoms with E-state index in [1.54, 1.807) is 12.1 Å². The van der Waals surface area contributed by atoms with Gasteiger partial charge in [-0.2, -0.15) is 4.31 Å². The Morgan fingerprint density at radius 1 is 1.32 bits per heavy atom. The molecular weight excluding hydrogens is 264 g/mol. The molecule has 0 saturated carbocycles. The summed E-state index contributed by atoms with van der Waals surface area (Å²) in [5.41, 5.74) is 2.11. The number of benzene rings is 1. The smallest absolute Gasteiger partial charge is 0.245 e. The Labute approximate surface area is 111 Å². The van der Waals surface area contributed by atoms with Crippen LogP contribution in [0.2, 0.25) is 0 Å². The van der Waals surface area contributed by atoms with Crippen molar-refractivity contribution in [3.63, 3.8) is 0 Å². The summed E-state index contributed by atoms with van der Waals surface area (Å²) >= 11 is 0. The molecule has 1 saturated heterocycles. The third-order valence-corrected chi connectivity index (χ3v) is 5.42. The van der Waals surface area contributed by atoms with Crippen LogP contribution in [0.5, 0.6) is 0 Å². The topological polar surface area (TPSA) is 73.4 Å². The van der Waals surface area contributed by atoms with Gasteiger partial charge in [-0.05, 0) is 37.1 Å².